The standard InChI is InChI=1S/C18H23FN2O2/c1-18(2,3)13-7-12(16-5-4-6-21-17(16)22)8-15(9-13)23-11-14(19)10-20/h4-9,14H,10-11,20H2,1-3H3,(H,21,22)/t14-/m1/s1. The van der Waals surface area contributed by atoms with Crippen LogP contribution in [-0.2, 0) is 5.41 Å². The van der Waals surface area contributed by atoms with Crippen LogP contribution in [0.4, 0.5) is 4.39 Å². The van der Waals surface area contributed by atoms with Crippen LogP contribution < -0.4 is 16.0 Å². The number of aromatic nitrogens is 1. The number of hydrogen-bond acceptors (Lipinski definition) is 3. The zero-order chi connectivity index (χ0) is 17.0. The van der Waals surface area contributed by atoms with Gasteiger partial charge in [0.2, 0.25) is 0 Å². The molecule has 2 rings (SSSR count). The van der Waals surface area contributed by atoms with Crippen LogP contribution in [0.15, 0.2) is 41.3 Å². The molecule has 0 fully saturated rings. The molecule has 3 N–H and O–H groups in total. The Labute approximate surface area is 135 Å². The molecule has 0 unspecified atom stereocenters. The highest BCUT2D eigenvalue weighted by Gasteiger charge is 2.17. The average molecular weight is 318 g/mol. The maximum Gasteiger partial charge on any atom is 0.255 e. The lowest BCUT2D eigenvalue weighted by atomic mass is 9.85. The SMILES string of the molecule is CC(C)(C)c1cc(OC[C@H](F)CN)cc(-c2ccc[nH]c2=O)c1. The van der Waals surface area contributed by atoms with E-state index in [0.29, 0.717) is 11.3 Å². The summed E-state index contributed by atoms with van der Waals surface area (Å²) in [6.45, 7) is 6.04. The monoisotopic (exact) mass is 318 g/mol. The van der Waals surface area contributed by atoms with Crippen molar-refractivity contribution in [1.29, 1.82) is 0 Å². The van der Waals surface area contributed by atoms with Crippen molar-refractivity contribution in [3.63, 3.8) is 0 Å². The Morgan fingerprint density at radius 3 is 2.65 bits per heavy atom. The van der Waals surface area contributed by atoms with E-state index in [1.54, 1.807) is 24.4 Å². The molecule has 0 saturated carbocycles. The van der Waals surface area contributed by atoms with Crippen LogP contribution in [0.1, 0.15) is 26.3 Å². The summed E-state index contributed by atoms with van der Waals surface area (Å²) in [5.74, 6) is 0.534. The topological polar surface area (TPSA) is 68.1 Å². The van der Waals surface area contributed by atoms with E-state index in [1.807, 2.05) is 12.1 Å². The Balaban J connectivity index is 2.46. The number of benzene rings is 1. The molecule has 23 heavy (non-hydrogen) atoms. The molecule has 0 radical (unpaired) electrons. The number of nitrogens with one attached hydrogen (secondary N) is 1. The van der Waals surface area contributed by atoms with E-state index in [1.165, 1.54) is 0 Å². The number of aromatic amines is 1. The Morgan fingerprint density at radius 1 is 1.30 bits per heavy atom. The summed E-state index contributed by atoms with van der Waals surface area (Å²) in [6.07, 6.45) is 0.378. The molecule has 124 valence electrons. The normalized spacial score (nSPS) is 12.9. The lowest BCUT2D eigenvalue weighted by Gasteiger charge is -2.21. The molecule has 0 aliphatic carbocycles. The van der Waals surface area contributed by atoms with Crippen molar-refractivity contribution in [2.24, 2.45) is 5.73 Å². The minimum Gasteiger partial charge on any atom is -0.490 e. The van der Waals surface area contributed by atoms with Crippen LogP contribution >= 0.6 is 0 Å². The van der Waals surface area contributed by atoms with Crippen LogP contribution in [0, 0.1) is 0 Å². The fraction of sp³-hybridized carbons (Fsp3) is 0.389. The Morgan fingerprint density at radius 2 is 2.04 bits per heavy atom. The molecule has 0 bridgehead atoms. The summed E-state index contributed by atoms with van der Waals surface area (Å²) in [5.41, 5.74) is 7.29. The highest BCUT2D eigenvalue weighted by atomic mass is 19.1. The molecule has 1 aromatic carbocycles. The molecule has 5 heteroatoms. The second kappa shape index (κ2) is 6.96. The quantitative estimate of drug-likeness (QED) is 0.890. The first-order chi connectivity index (χ1) is 10.8. The third-order valence-corrected chi connectivity index (χ3v) is 3.59. The van der Waals surface area contributed by atoms with Crippen LogP contribution in [0.25, 0.3) is 11.1 Å². The number of halogens is 1. The summed E-state index contributed by atoms with van der Waals surface area (Å²) in [4.78, 5) is 14.7. The Kier molecular flexibility index (Phi) is 5.21. The third-order valence-electron chi connectivity index (χ3n) is 3.59. The molecular weight excluding hydrogens is 295 g/mol. The molecule has 4 nitrogen and oxygen atoms in total. The largest absolute Gasteiger partial charge is 0.490 e. The number of H-pyrrole nitrogens is 1. The van der Waals surface area contributed by atoms with Crippen LogP contribution in [-0.4, -0.2) is 24.3 Å². The number of pyridine rings is 1. The Bertz CT molecular complexity index is 719. The Hall–Kier alpha value is -2.14. The van der Waals surface area contributed by atoms with Gasteiger partial charge in [0.1, 0.15) is 18.5 Å². The van der Waals surface area contributed by atoms with Gasteiger partial charge in [0.15, 0.2) is 0 Å². The summed E-state index contributed by atoms with van der Waals surface area (Å²) >= 11 is 0. The smallest absolute Gasteiger partial charge is 0.255 e. The van der Waals surface area contributed by atoms with Gasteiger partial charge in [-0.1, -0.05) is 26.8 Å². The van der Waals surface area contributed by atoms with E-state index in [4.69, 9.17) is 10.5 Å². The van der Waals surface area contributed by atoms with Crippen molar-refractivity contribution in [3.8, 4) is 16.9 Å². The summed E-state index contributed by atoms with van der Waals surface area (Å²) < 4.78 is 18.9. The van der Waals surface area contributed by atoms with Gasteiger partial charge in [0, 0.05) is 18.3 Å². The van der Waals surface area contributed by atoms with Crippen molar-refractivity contribution in [2.45, 2.75) is 32.4 Å². The van der Waals surface area contributed by atoms with Gasteiger partial charge in [-0.2, -0.15) is 0 Å². The van der Waals surface area contributed by atoms with Gasteiger partial charge in [0.05, 0.1) is 0 Å². The van der Waals surface area contributed by atoms with Crippen LogP contribution in [0.3, 0.4) is 0 Å². The zero-order valence-corrected chi connectivity index (χ0v) is 13.7. The molecule has 0 amide bonds. The summed E-state index contributed by atoms with van der Waals surface area (Å²) in [6, 6.07) is 9.12. The van der Waals surface area contributed by atoms with Gasteiger partial charge in [-0.25, -0.2) is 4.39 Å². The predicted molar refractivity (Wildman–Crippen MR) is 90.6 cm³/mol. The lowest BCUT2D eigenvalue weighted by Crippen LogP contribution is -2.22. The minimum absolute atomic E-state index is 0.0792. The van der Waals surface area contributed by atoms with Gasteiger partial charge in [-0.05, 0) is 40.8 Å². The second-order valence-electron chi connectivity index (χ2n) is 6.55. The summed E-state index contributed by atoms with van der Waals surface area (Å²) in [5, 5.41) is 0. The van der Waals surface area contributed by atoms with E-state index < -0.39 is 6.17 Å². The number of ether oxygens (including phenoxy) is 1. The molecular formula is C18H23FN2O2. The van der Waals surface area contributed by atoms with E-state index in [0.717, 1.165) is 11.1 Å². The number of nitrogens with two attached hydrogens (primary N) is 1. The summed E-state index contributed by atoms with van der Waals surface area (Å²) in [7, 11) is 0. The van der Waals surface area contributed by atoms with E-state index in [-0.39, 0.29) is 24.1 Å². The number of rotatable bonds is 5. The minimum atomic E-state index is -1.21. The van der Waals surface area contributed by atoms with Gasteiger partial charge < -0.3 is 15.5 Å². The molecule has 0 aliphatic rings. The van der Waals surface area contributed by atoms with Crippen molar-refractivity contribution in [3.05, 3.63) is 52.4 Å². The zero-order valence-electron chi connectivity index (χ0n) is 13.7. The first kappa shape index (κ1) is 17.2. The predicted octanol–water partition coefficient (Wildman–Crippen LogP) is 3.02. The fourth-order valence-electron chi connectivity index (χ4n) is 2.17. The maximum atomic E-state index is 13.3. The van der Waals surface area contributed by atoms with Crippen molar-refractivity contribution in [1.82, 2.24) is 4.98 Å². The van der Waals surface area contributed by atoms with E-state index in [2.05, 4.69) is 25.8 Å². The molecule has 1 atom stereocenters. The molecule has 0 aliphatic heterocycles. The molecule has 0 spiro atoms. The van der Waals surface area contributed by atoms with Crippen LogP contribution in [0.5, 0.6) is 5.75 Å². The second-order valence-corrected chi connectivity index (χ2v) is 6.55. The highest BCUT2D eigenvalue weighted by molar-refractivity contribution is 5.65. The molecule has 0 saturated heterocycles. The number of alkyl halides is 1. The van der Waals surface area contributed by atoms with Crippen molar-refractivity contribution < 1.29 is 9.13 Å². The molecule has 1 heterocycles. The fourth-order valence-corrected chi connectivity index (χ4v) is 2.17. The van der Waals surface area contributed by atoms with Crippen LogP contribution in [0.2, 0.25) is 0 Å². The number of hydrogen-bond donors (Lipinski definition) is 2. The molecule has 2 aromatic rings. The highest BCUT2D eigenvalue weighted by Crippen LogP contribution is 2.31. The van der Waals surface area contributed by atoms with Gasteiger partial charge in [-0.3, -0.25) is 4.79 Å². The first-order valence-corrected chi connectivity index (χ1v) is 7.62. The van der Waals surface area contributed by atoms with Gasteiger partial charge >= 0.3 is 0 Å². The molecule has 1 aromatic heterocycles. The van der Waals surface area contributed by atoms with Gasteiger partial charge in [-0.15, -0.1) is 0 Å². The third kappa shape index (κ3) is 4.42. The first-order valence-electron chi connectivity index (χ1n) is 7.62. The average Bonchev–Trinajstić information content (AvgIpc) is 2.52. The van der Waals surface area contributed by atoms with Crippen molar-refractivity contribution in [2.75, 3.05) is 13.2 Å². The maximum absolute atomic E-state index is 13.3. The lowest BCUT2D eigenvalue weighted by molar-refractivity contribution is 0.201. The van der Waals surface area contributed by atoms with Crippen molar-refractivity contribution >= 4 is 0 Å². The van der Waals surface area contributed by atoms with E-state index >= 15 is 0 Å². The van der Waals surface area contributed by atoms with E-state index in [9.17, 15) is 9.18 Å². The van der Waals surface area contributed by atoms with Gasteiger partial charge in [0.25, 0.3) is 5.56 Å².